The van der Waals surface area contributed by atoms with Crippen molar-refractivity contribution in [3.05, 3.63) is 22.4 Å². The number of rotatable bonds is 2. The van der Waals surface area contributed by atoms with Gasteiger partial charge in [0, 0.05) is 4.88 Å². The van der Waals surface area contributed by atoms with Gasteiger partial charge in [-0.2, -0.15) is 0 Å². The second-order valence-electron chi connectivity index (χ2n) is 1.71. The Morgan fingerprint density at radius 2 is 2.60 bits per heavy atom. The van der Waals surface area contributed by atoms with E-state index in [0.717, 1.165) is 4.88 Å². The van der Waals surface area contributed by atoms with Crippen LogP contribution in [-0.2, 0) is 14.3 Å². The molecule has 0 unspecified atom stereocenters. The third kappa shape index (κ3) is 2.26. The van der Waals surface area contributed by atoms with Gasteiger partial charge in [0.15, 0.2) is 23.0 Å². The van der Waals surface area contributed by atoms with Crippen LogP contribution in [-0.4, -0.2) is 5.97 Å². The Balaban J connectivity index is 2.48. The Kier molecular flexibility index (Phi) is 3.14. The van der Waals surface area contributed by atoms with Crippen LogP contribution in [0.3, 0.4) is 0 Å². The first-order valence-electron chi connectivity index (χ1n) is 2.66. The minimum Gasteiger partial charge on any atom is -0.394 e. The SMILES string of the molecule is O=C(Cc1cccs1)OI. The van der Waals surface area contributed by atoms with E-state index in [2.05, 4.69) is 3.07 Å². The summed E-state index contributed by atoms with van der Waals surface area (Å²) in [6.45, 7) is 0. The molecule has 0 saturated carbocycles. The number of hydrogen-bond donors (Lipinski definition) is 0. The minimum absolute atomic E-state index is 0.192. The summed E-state index contributed by atoms with van der Waals surface area (Å²) in [5, 5.41) is 1.94. The third-order valence-corrected chi connectivity index (χ3v) is 2.35. The van der Waals surface area contributed by atoms with Crippen LogP contribution in [0.4, 0.5) is 0 Å². The van der Waals surface area contributed by atoms with Gasteiger partial charge in [0.2, 0.25) is 0 Å². The fourth-order valence-electron chi connectivity index (χ4n) is 0.583. The van der Waals surface area contributed by atoms with Crippen LogP contribution in [0, 0.1) is 0 Å². The van der Waals surface area contributed by atoms with Crippen molar-refractivity contribution in [3.8, 4) is 0 Å². The van der Waals surface area contributed by atoms with E-state index in [9.17, 15) is 4.79 Å². The zero-order valence-corrected chi connectivity index (χ0v) is 8.02. The summed E-state index contributed by atoms with van der Waals surface area (Å²) in [5.74, 6) is -0.192. The van der Waals surface area contributed by atoms with Crippen molar-refractivity contribution in [1.82, 2.24) is 0 Å². The van der Waals surface area contributed by atoms with E-state index in [0.29, 0.717) is 6.42 Å². The maximum atomic E-state index is 10.7. The molecule has 0 radical (unpaired) electrons. The number of hydrogen-bond acceptors (Lipinski definition) is 3. The molecule has 1 rings (SSSR count). The van der Waals surface area contributed by atoms with Crippen LogP contribution >= 0.6 is 34.3 Å². The standard InChI is InChI=1S/C6H5IO2S/c7-9-6(8)4-5-2-1-3-10-5/h1-3H,4H2. The summed E-state index contributed by atoms with van der Waals surface area (Å²) in [6, 6.07) is 3.83. The first-order valence-corrected chi connectivity index (χ1v) is 4.43. The highest BCUT2D eigenvalue weighted by atomic mass is 127. The Labute approximate surface area is 76.9 Å². The number of carbonyl (C=O) groups excluding carboxylic acids is 1. The largest absolute Gasteiger partial charge is 0.394 e. The van der Waals surface area contributed by atoms with Crippen molar-refractivity contribution >= 4 is 40.3 Å². The van der Waals surface area contributed by atoms with Gasteiger partial charge in [-0.15, -0.1) is 11.3 Å². The van der Waals surface area contributed by atoms with Gasteiger partial charge >= 0.3 is 5.97 Å². The van der Waals surface area contributed by atoms with Crippen LogP contribution in [0.5, 0.6) is 0 Å². The lowest BCUT2D eigenvalue weighted by atomic mass is 10.3. The van der Waals surface area contributed by atoms with E-state index in [1.165, 1.54) is 0 Å². The van der Waals surface area contributed by atoms with Crippen molar-refractivity contribution in [3.63, 3.8) is 0 Å². The molecule has 54 valence electrons. The number of thiophene rings is 1. The van der Waals surface area contributed by atoms with E-state index in [4.69, 9.17) is 0 Å². The average Bonchev–Trinajstić information content (AvgIpc) is 2.40. The first-order chi connectivity index (χ1) is 4.83. The summed E-state index contributed by atoms with van der Waals surface area (Å²) in [4.78, 5) is 11.7. The predicted octanol–water partition coefficient (Wildman–Crippen LogP) is 2.18. The van der Waals surface area contributed by atoms with Gasteiger partial charge in [-0.05, 0) is 11.4 Å². The summed E-state index contributed by atoms with van der Waals surface area (Å²) in [5.41, 5.74) is 0. The summed E-state index contributed by atoms with van der Waals surface area (Å²) in [6.07, 6.45) is 0.389. The molecule has 0 spiro atoms. The molecule has 0 aliphatic carbocycles. The van der Waals surface area contributed by atoms with Crippen molar-refractivity contribution in [2.24, 2.45) is 0 Å². The van der Waals surface area contributed by atoms with Gasteiger partial charge in [0.1, 0.15) is 0 Å². The molecule has 0 aliphatic heterocycles. The topological polar surface area (TPSA) is 26.3 Å². The second kappa shape index (κ2) is 3.92. The van der Waals surface area contributed by atoms with Gasteiger partial charge in [-0.1, -0.05) is 6.07 Å². The highest BCUT2D eigenvalue weighted by molar-refractivity contribution is 14.1. The summed E-state index contributed by atoms with van der Waals surface area (Å²) >= 11 is 3.16. The van der Waals surface area contributed by atoms with Gasteiger partial charge in [-0.3, -0.25) is 4.79 Å². The fourth-order valence-corrected chi connectivity index (χ4v) is 1.43. The van der Waals surface area contributed by atoms with Gasteiger partial charge in [-0.25, -0.2) is 0 Å². The van der Waals surface area contributed by atoms with Crippen LogP contribution < -0.4 is 0 Å². The van der Waals surface area contributed by atoms with E-state index in [-0.39, 0.29) is 5.97 Å². The molecular weight excluding hydrogens is 263 g/mol. The maximum Gasteiger partial charge on any atom is 0.320 e. The summed E-state index contributed by atoms with van der Waals surface area (Å²) < 4.78 is 4.46. The molecule has 0 N–H and O–H groups in total. The molecule has 1 heterocycles. The number of carbonyl (C=O) groups is 1. The molecule has 1 aromatic heterocycles. The van der Waals surface area contributed by atoms with Crippen molar-refractivity contribution in [2.75, 3.05) is 0 Å². The van der Waals surface area contributed by atoms with Gasteiger partial charge in [0.05, 0.1) is 6.42 Å². The lowest BCUT2D eigenvalue weighted by Crippen LogP contribution is -1.98. The molecule has 0 bridgehead atoms. The zero-order valence-electron chi connectivity index (χ0n) is 5.04. The van der Waals surface area contributed by atoms with Gasteiger partial charge < -0.3 is 3.07 Å². The van der Waals surface area contributed by atoms with Crippen LogP contribution in [0.2, 0.25) is 0 Å². The Morgan fingerprint density at radius 3 is 3.10 bits per heavy atom. The van der Waals surface area contributed by atoms with Crippen LogP contribution in [0.25, 0.3) is 0 Å². The lowest BCUT2D eigenvalue weighted by Gasteiger charge is -1.90. The Morgan fingerprint density at radius 1 is 1.80 bits per heavy atom. The summed E-state index contributed by atoms with van der Waals surface area (Å²) in [7, 11) is 0. The number of halogens is 1. The molecule has 0 atom stereocenters. The normalized spacial score (nSPS) is 9.30. The van der Waals surface area contributed by atoms with Crippen molar-refractivity contribution < 1.29 is 7.86 Å². The molecule has 0 aliphatic rings. The fraction of sp³-hybridized carbons (Fsp3) is 0.167. The third-order valence-electron chi connectivity index (χ3n) is 0.985. The zero-order chi connectivity index (χ0) is 7.40. The highest BCUT2D eigenvalue weighted by Gasteiger charge is 2.02. The smallest absolute Gasteiger partial charge is 0.320 e. The Bertz CT molecular complexity index is 208. The minimum atomic E-state index is -0.192. The highest BCUT2D eigenvalue weighted by Crippen LogP contribution is 2.10. The van der Waals surface area contributed by atoms with E-state index < -0.39 is 0 Å². The lowest BCUT2D eigenvalue weighted by molar-refractivity contribution is -0.130. The molecule has 0 aromatic carbocycles. The monoisotopic (exact) mass is 268 g/mol. The molecule has 2 nitrogen and oxygen atoms in total. The maximum absolute atomic E-state index is 10.7. The molecule has 1 aromatic rings. The average molecular weight is 268 g/mol. The molecular formula is C6H5IO2S. The van der Waals surface area contributed by atoms with Crippen LogP contribution in [0.1, 0.15) is 4.88 Å². The molecule has 4 heteroatoms. The predicted molar refractivity (Wildman–Crippen MR) is 48.1 cm³/mol. The van der Waals surface area contributed by atoms with Gasteiger partial charge in [0.25, 0.3) is 0 Å². The molecule has 0 amide bonds. The molecule has 0 saturated heterocycles. The van der Waals surface area contributed by atoms with Crippen LogP contribution in [0.15, 0.2) is 17.5 Å². The Hall–Kier alpha value is -0.100. The van der Waals surface area contributed by atoms with Crippen molar-refractivity contribution in [2.45, 2.75) is 6.42 Å². The van der Waals surface area contributed by atoms with E-state index in [1.54, 1.807) is 34.3 Å². The first kappa shape index (κ1) is 8.00. The van der Waals surface area contributed by atoms with E-state index in [1.807, 2.05) is 17.5 Å². The van der Waals surface area contributed by atoms with Crippen molar-refractivity contribution in [1.29, 1.82) is 0 Å². The second-order valence-corrected chi connectivity index (χ2v) is 3.18. The van der Waals surface area contributed by atoms with E-state index >= 15 is 0 Å². The molecule has 0 fully saturated rings. The quantitative estimate of drug-likeness (QED) is 0.768. The molecule has 10 heavy (non-hydrogen) atoms.